The number of ether oxygens (including phenoxy) is 2. The average molecular weight is 930 g/mol. The zero-order valence-electron chi connectivity index (χ0n) is 43.0. The zero-order valence-corrected chi connectivity index (χ0v) is 43.9. The van der Waals surface area contributed by atoms with Crippen LogP contribution in [0.15, 0.2) is 12.2 Å². The molecule has 0 aliphatic heterocycles. The molecule has 3 atom stereocenters. The van der Waals surface area contributed by atoms with E-state index in [1.807, 2.05) is 0 Å². The first-order valence-corrected chi connectivity index (χ1v) is 29.1. The fourth-order valence-electron chi connectivity index (χ4n) is 8.40. The van der Waals surface area contributed by atoms with Crippen LogP contribution in [0.2, 0.25) is 0 Å². The van der Waals surface area contributed by atoms with Crippen LogP contribution < -0.4 is 4.89 Å². The van der Waals surface area contributed by atoms with Gasteiger partial charge in [0.1, 0.15) is 11.9 Å². The first kappa shape index (κ1) is 63.2. The molecule has 0 aromatic rings. The third-order valence-corrected chi connectivity index (χ3v) is 15.3. The molecule has 0 aliphatic rings. The second kappa shape index (κ2) is 46.0. The molecule has 9 nitrogen and oxygen atoms in total. The molecule has 0 radical (unpaired) electrons. The average Bonchev–Trinajstić information content (AvgIpc) is 3.27. The Morgan fingerprint density at radius 3 is 1.31 bits per heavy atom. The molecule has 382 valence electrons. The molecule has 2 unspecified atom stereocenters. The highest BCUT2D eigenvalue weighted by Crippen LogP contribution is 2.46. The zero-order chi connectivity index (χ0) is 47.3. The first-order chi connectivity index (χ1) is 31.0. The molecule has 10 heteroatoms. The lowest BCUT2D eigenvalue weighted by Gasteiger charge is -2.42. The Hall–Kier alpha value is -0.800. The van der Waals surface area contributed by atoms with Crippen LogP contribution >= 0.6 is 7.60 Å². The molecule has 0 rings (SSSR count). The maximum Gasteiger partial charge on any atom is 0.306 e. The topological polar surface area (TPSA) is 125 Å². The van der Waals surface area contributed by atoms with E-state index in [9.17, 15) is 24.5 Å². The molecule has 0 bridgehead atoms. The summed E-state index contributed by atoms with van der Waals surface area (Å²) < 4.78 is 30.4. The predicted octanol–water partition coefficient (Wildman–Crippen LogP) is 15.0. The van der Waals surface area contributed by atoms with Gasteiger partial charge in [-0.3, -0.25) is 4.79 Å². The van der Waals surface area contributed by atoms with Crippen molar-refractivity contribution >= 4 is 13.6 Å². The van der Waals surface area contributed by atoms with Gasteiger partial charge >= 0.3 is 5.97 Å². The van der Waals surface area contributed by atoms with E-state index >= 15 is 0 Å². The second-order valence-electron chi connectivity index (χ2n) is 19.9. The van der Waals surface area contributed by atoms with E-state index in [-0.39, 0.29) is 43.1 Å². The number of hydrogen-bond donors (Lipinski definition) is 2. The van der Waals surface area contributed by atoms with Crippen molar-refractivity contribution in [3.05, 3.63) is 12.2 Å². The predicted molar refractivity (Wildman–Crippen MR) is 269 cm³/mol. The summed E-state index contributed by atoms with van der Waals surface area (Å²) in [5.74, 6) is -1.28. The van der Waals surface area contributed by atoms with Crippen molar-refractivity contribution in [3.8, 4) is 0 Å². The number of carbonyl (C=O) groups excluding carboxylic acids is 1. The van der Waals surface area contributed by atoms with E-state index < -0.39 is 25.8 Å². The molecular formula is C54H108NO8P. The van der Waals surface area contributed by atoms with Crippen molar-refractivity contribution in [3.63, 3.8) is 0 Å². The number of hydrogen-bond acceptors (Lipinski definition) is 8. The van der Waals surface area contributed by atoms with Crippen LogP contribution in [0.1, 0.15) is 271 Å². The van der Waals surface area contributed by atoms with E-state index in [2.05, 4.69) is 26.0 Å². The van der Waals surface area contributed by atoms with E-state index in [0.29, 0.717) is 6.61 Å². The molecule has 0 fully saturated rings. The van der Waals surface area contributed by atoms with Crippen LogP contribution in [-0.2, 0) is 23.4 Å². The third-order valence-electron chi connectivity index (χ3n) is 13.3. The van der Waals surface area contributed by atoms with Crippen molar-refractivity contribution < 1.29 is 42.9 Å². The maximum absolute atomic E-state index is 13.2. The van der Waals surface area contributed by atoms with Crippen molar-refractivity contribution in [2.24, 2.45) is 0 Å². The molecule has 0 saturated carbocycles. The number of unbranched alkanes of at least 4 members (excludes halogenated alkanes) is 34. The molecule has 0 aromatic carbocycles. The molecule has 0 saturated heterocycles. The summed E-state index contributed by atoms with van der Waals surface area (Å²) in [5.41, 5.74) is 0. The molecule has 2 N–H and O–H groups in total. The number of rotatable bonds is 51. The van der Waals surface area contributed by atoms with Crippen LogP contribution in [0.25, 0.3) is 0 Å². The molecule has 0 spiro atoms. The lowest BCUT2D eigenvalue weighted by Crippen LogP contribution is -2.50. The van der Waals surface area contributed by atoms with Crippen LogP contribution in [0, 0.1) is 0 Å². The molecule has 64 heavy (non-hydrogen) atoms. The lowest BCUT2D eigenvalue weighted by molar-refractivity contribution is -0.902. The fourth-order valence-corrected chi connectivity index (χ4v) is 9.87. The second-order valence-corrected chi connectivity index (χ2v) is 22.0. The van der Waals surface area contributed by atoms with Gasteiger partial charge in [-0.2, -0.15) is 0 Å². The number of esters is 1. The lowest BCUT2D eigenvalue weighted by atomic mass is 10.0. The van der Waals surface area contributed by atoms with E-state index in [1.54, 1.807) is 21.0 Å². The Morgan fingerprint density at radius 1 is 0.562 bits per heavy atom. The number of carbonyl (C=O) groups is 1. The minimum Gasteiger partial charge on any atom is -0.774 e. The van der Waals surface area contributed by atoms with Crippen LogP contribution in [-0.4, -0.2) is 79.3 Å². The molecular weight excluding hydrogens is 822 g/mol. The minimum atomic E-state index is -4.39. The summed E-state index contributed by atoms with van der Waals surface area (Å²) in [7, 11) is -0.952. The number of aliphatic hydroxyl groups excluding tert-OH is 1. The van der Waals surface area contributed by atoms with Gasteiger partial charge in [0, 0.05) is 19.4 Å². The maximum atomic E-state index is 13.2. The van der Waals surface area contributed by atoms with Crippen molar-refractivity contribution in [1.29, 1.82) is 0 Å². The smallest absolute Gasteiger partial charge is 0.306 e. The summed E-state index contributed by atoms with van der Waals surface area (Å²) in [4.78, 5) is 26.1. The van der Waals surface area contributed by atoms with Gasteiger partial charge in [0.2, 0.25) is 0 Å². The molecule has 0 aromatic heterocycles. The highest BCUT2D eigenvalue weighted by molar-refractivity contribution is 7.51. The number of quaternary nitrogens is 1. The van der Waals surface area contributed by atoms with E-state index in [1.165, 1.54) is 193 Å². The fraction of sp³-hybridized carbons (Fsp3) is 0.944. The Bertz CT molecular complexity index is 1070. The third kappa shape index (κ3) is 42.5. The van der Waals surface area contributed by atoms with Gasteiger partial charge in [-0.1, -0.05) is 225 Å². The van der Waals surface area contributed by atoms with Gasteiger partial charge in [-0.05, 0) is 45.4 Å². The van der Waals surface area contributed by atoms with Gasteiger partial charge in [0.05, 0.1) is 33.9 Å². The van der Waals surface area contributed by atoms with Crippen molar-refractivity contribution in [2.75, 3.05) is 40.5 Å². The summed E-state index contributed by atoms with van der Waals surface area (Å²) in [6.45, 7) is 6.67. The summed E-state index contributed by atoms with van der Waals surface area (Å²) in [6, 6.07) is 0. The summed E-state index contributed by atoms with van der Waals surface area (Å²) >= 11 is 0. The quantitative estimate of drug-likeness (QED) is 0.0154. The summed E-state index contributed by atoms with van der Waals surface area (Å²) in [6.07, 6.45) is 50.4. The molecule has 0 heterocycles. The van der Waals surface area contributed by atoms with Gasteiger partial charge in [-0.25, -0.2) is 0 Å². The van der Waals surface area contributed by atoms with Crippen LogP contribution in [0.5, 0.6) is 0 Å². The minimum absolute atomic E-state index is 0.00882. The van der Waals surface area contributed by atoms with Gasteiger partial charge in [-0.15, -0.1) is 0 Å². The number of allylic oxidation sites excluding steroid dienone is 2. The SMILES string of the molecule is CCCCCCCCCCC/C=C\CCCCCCCCC(=O)O[C@H](COCCCCCCCCCCCCCCCCCCCCCC)COP(=O)([O-])C(C)[N+](C)(C)CCC(O)O. The monoisotopic (exact) mass is 930 g/mol. The Kier molecular flexibility index (Phi) is 45.4. The Labute approximate surface area is 397 Å². The number of aliphatic hydroxyl groups is 2. The van der Waals surface area contributed by atoms with Gasteiger partial charge < -0.3 is 38.2 Å². The van der Waals surface area contributed by atoms with Crippen LogP contribution in [0.3, 0.4) is 0 Å². The molecule has 0 amide bonds. The normalized spacial score (nSPS) is 14.1. The largest absolute Gasteiger partial charge is 0.774 e. The standard InChI is InChI=1S/C54H108NO8P/c1-6-8-10-12-14-16-18-20-22-24-26-28-30-32-34-36-38-40-42-44-48-61-49-52(50-62-64(59,60)51(3)55(4,5)47-46-53(56)57)63-54(58)45-43-41-39-37-35-33-31-29-27-25-23-21-19-17-15-13-11-9-7-2/h27,29,51-53,56-57H,6-26,28,30-50H2,1-5H3/b29-27-/t51?,52-/m1/s1. The Morgan fingerprint density at radius 2 is 0.922 bits per heavy atom. The highest BCUT2D eigenvalue weighted by Gasteiger charge is 2.35. The van der Waals surface area contributed by atoms with Crippen molar-refractivity contribution in [2.45, 2.75) is 289 Å². The molecule has 0 aliphatic carbocycles. The Balaban J connectivity index is 4.34. The van der Waals surface area contributed by atoms with E-state index in [0.717, 1.165) is 44.9 Å². The number of nitrogens with zero attached hydrogens (tertiary/aromatic N) is 1. The first-order valence-electron chi connectivity index (χ1n) is 27.5. The summed E-state index contributed by atoms with van der Waals surface area (Å²) in [5, 5.41) is 18.7. The van der Waals surface area contributed by atoms with Crippen molar-refractivity contribution in [1.82, 2.24) is 0 Å². The van der Waals surface area contributed by atoms with Gasteiger partial charge in [0.25, 0.3) is 0 Å². The van der Waals surface area contributed by atoms with Gasteiger partial charge in [0.15, 0.2) is 13.9 Å². The highest BCUT2D eigenvalue weighted by atomic mass is 31.2. The van der Waals surface area contributed by atoms with E-state index in [4.69, 9.17) is 14.0 Å². The van der Waals surface area contributed by atoms with Crippen LogP contribution in [0.4, 0.5) is 0 Å².